The summed E-state index contributed by atoms with van der Waals surface area (Å²) in [5.74, 6) is 6.43. The van der Waals surface area contributed by atoms with Gasteiger partial charge in [-0.25, -0.2) is 4.98 Å². The number of carbonyl (C=O) groups is 1. The number of rotatable bonds is 4. The molecule has 1 amide bonds. The number of para-hydroxylation sites is 1. The van der Waals surface area contributed by atoms with Crippen molar-refractivity contribution < 1.29 is 9.53 Å². The first-order chi connectivity index (χ1) is 12.2. The number of hydrogen-bond donors (Lipinski definition) is 1. The number of ether oxygens (including phenoxy) is 1. The Labute approximate surface area is 146 Å². The molecule has 0 spiro atoms. The van der Waals surface area contributed by atoms with Crippen LogP contribution in [-0.2, 0) is 0 Å². The molecule has 25 heavy (non-hydrogen) atoms. The first kappa shape index (κ1) is 16.6. The first-order valence-corrected chi connectivity index (χ1v) is 8.03. The van der Waals surface area contributed by atoms with Gasteiger partial charge in [0.2, 0.25) is 0 Å². The van der Waals surface area contributed by atoms with Crippen molar-refractivity contribution in [2.24, 2.45) is 0 Å². The van der Waals surface area contributed by atoms with E-state index in [0.29, 0.717) is 11.4 Å². The Morgan fingerprint density at radius 1 is 1.16 bits per heavy atom. The highest BCUT2D eigenvalue weighted by Gasteiger charge is 2.15. The van der Waals surface area contributed by atoms with Gasteiger partial charge in [-0.2, -0.15) is 0 Å². The number of carbonyl (C=O) groups excluding carboxylic acids is 1. The molecule has 0 saturated heterocycles. The van der Waals surface area contributed by atoms with Gasteiger partial charge in [0.05, 0.1) is 12.2 Å². The summed E-state index contributed by atoms with van der Waals surface area (Å²) in [7, 11) is 0. The largest absolute Gasteiger partial charge is 0.481 e. The van der Waals surface area contributed by atoms with E-state index >= 15 is 0 Å². The van der Waals surface area contributed by atoms with Crippen molar-refractivity contribution >= 4 is 11.6 Å². The number of nitrogens with zero attached hydrogens (tertiary/aromatic N) is 2. The molecule has 0 atom stereocenters. The van der Waals surface area contributed by atoms with E-state index in [0.717, 1.165) is 17.0 Å². The first-order valence-electron chi connectivity index (χ1n) is 8.03. The number of amides is 1. The zero-order valence-electron chi connectivity index (χ0n) is 14.2. The number of aromatic nitrogens is 2. The SMILES string of the molecule is Cc1ccccc1OCC#CCNC(=O)c1c(C)nc2ccccn12. The summed E-state index contributed by atoms with van der Waals surface area (Å²) in [6.07, 6.45) is 1.83. The van der Waals surface area contributed by atoms with Gasteiger partial charge in [0.25, 0.3) is 5.91 Å². The molecule has 3 aromatic rings. The lowest BCUT2D eigenvalue weighted by Gasteiger charge is -2.04. The topological polar surface area (TPSA) is 55.6 Å². The summed E-state index contributed by atoms with van der Waals surface area (Å²) in [5.41, 5.74) is 3.05. The normalized spacial score (nSPS) is 10.2. The molecule has 0 aliphatic carbocycles. The van der Waals surface area contributed by atoms with Crippen LogP contribution in [0.1, 0.15) is 21.7 Å². The molecular formula is C20H19N3O2. The molecule has 0 radical (unpaired) electrons. The Balaban J connectivity index is 1.55. The van der Waals surface area contributed by atoms with Crippen LogP contribution >= 0.6 is 0 Å². The van der Waals surface area contributed by atoms with Crippen LogP contribution < -0.4 is 10.1 Å². The van der Waals surface area contributed by atoms with Crippen molar-refractivity contribution in [3.05, 3.63) is 65.6 Å². The molecule has 2 heterocycles. The summed E-state index contributed by atoms with van der Waals surface area (Å²) < 4.78 is 7.37. The molecule has 1 N–H and O–H groups in total. The highest BCUT2D eigenvalue weighted by atomic mass is 16.5. The molecule has 0 saturated carbocycles. The van der Waals surface area contributed by atoms with Crippen LogP contribution in [0, 0.1) is 25.7 Å². The summed E-state index contributed by atoms with van der Waals surface area (Å²) in [4.78, 5) is 16.7. The van der Waals surface area contributed by atoms with Crippen LogP contribution in [0.5, 0.6) is 5.75 Å². The lowest BCUT2D eigenvalue weighted by Crippen LogP contribution is -2.25. The fraction of sp³-hybridized carbons (Fsp3) is 0.200. The van der Waals surface area contributed by atoms with Crippen LogP contribution in [0.3, 0.4) is 0 Å². The number of imidazole rings is 1. The third-order valence-electron chi connectivity index (χ3n) is 3.78. The minimum Gasteiger partial charge on any atom is -0.481 e. The van der Waals surface area contributed by atoms with Crippen LogP contribution in [-0.4, -0.2) is 28.4 Å². The molecule has 126 valence electrons. The fourth-order valence-corrected chi connectivity index (χ4v) is 2.54. The molecule has 0 unspecified atom stereocenters. The summed E-state index contributed by atoms with van der Waals surface area (Å²) in [5, 5.41) is 2.80. The van der Waals surface area contributed by atoms with Crippen molar-refractivity contribution in [3.8, 4) is 17.6 Å². The second kappa shape index (κ2) is 7.54. The van der Waals surface area contributed by atoms with Crippen molar-refractivity contribution in [1.29, 1.82) is 0 Å². The third-order valence-corrected chi connectivity index (χ3v) is 3.78. The van der Waals surface area contributed by atoms with Crippen molar-refractivity contribution in [2.45, 2.75) is 13.8 Å². The quantitative estimate of drug-likeness (QED) is 0.747. The number of benzene rings is 1. The highest BCUT2D eigenvalue weighted by molar-refractivity contribution is 5.94. The number of fused-ring (bicyclic) bond motifs is 1. The summed E-state index contributed by atoms with van der Waals surface area (Å²) in [6, 6.07) is 13.4. The Morgan fingerprint density at radius 2 is 1.96 bits per heavy atom. The van der Waals surface area contributed by atoms with E-state index in [1.807, 2.05) is 62.5 Å². The van der Waals surface area contributed by atoms with Gasteiger partial charge in [-0.1, -0.05) is 36.1 Å². The molecular weight excluding hydrogens is 314 g/mol. The Morgan fingerprint density at radius 3 is 2.80 bits per heavy atom. The second-order valence-corrected chi connectivity index (χ2v) is 5.57. The zero-order chi connectivity index (χ0) is 17.6. The molecule has 3 rings (SSSR count). The average Bonchev–Trinajstić information content (AvgIpc) is 2.95. The number of pyridine rings is 1. The number of hydrogen-bond acceptors (Lipinski definition) is 3. The maximum atomic E-state index is 12.4. The summed E-state index contributed by atoms with van der Waals surface area (Å²) >= 11 is 0. The van der Waals surface area contributed by atoms with E-state index < -0.39 is 0 Å². The molecule has 5 nitrogen and oxygen atoms in total. The van der Waals surface area contributed by atoms with E-state index in [-0.39, 0.29) is 19.1 Å². The highest BCUT2D eigenvalue weighted by Crippen LogP contribution is 2.15. The smallest absolute Gasteiger partial charge is 0.270 e. The zero-order valence-corrected chi connectivity index (χ0v) is 14.2. The number of nitrogens with one attached hydrogen (secondary N) is 1. The van der Waals surface area contributed by atoms with E-state index in [1.165, 1.54) is 0 Å². The monoisotopic (exact) mass is 333 g/mol. The van der Waals surface area contributed by atoms with E-state index in [1.54, 1.807) is 4.40 Å². The maximum Gasteiger partial charge on any atom is 0.270 e. The third kappa shape index (κ3) is 3.81. The summed E-state index contributed by atoms with van der Waals surface area (Å²) in [6.45, 7) is 4.36. The molecule has 0 aliphatic rings. The second-order valence-electron chi connectivity index (χ2n) is 5.57. The van der Waals surface area contributed by atoms with E-state index in [9.17, 15) is 4.79 Å². The van der Waals surface area contributed by atoms with Crippen LogP contribution in [0.2, 0.25) is 0 Å². The Kier molecular flexibility index (Phi) is 5.00. The number of aryl methyl sites for hydroxylation is 2. The lowest BCUT2D eigenvalue weighted by atomic mass is 10.2. The molecule has 2 aromatic heterocycles. The van der Waals surface area contributed by atoms with Gasteiger partial charge >= 0.3 is 0 Å². The Hall–Kier alpha value is -3.26. The van der Waals surface area contributed by atoms with Crippen molar-refractivity contribution in [1.82, 2.24) is 14.7 Å². The standard InChI is InChI=1S/C20H19N3O2/c1-15-9-3-4-10-17(15)25-14-8-6-12-21-20(24)19-16(2)22-18-11-5-7-13-23(18)19/h3-5,7,9-11,13H,12,14H2,1-2H3,(H,21,24). The molecule has 0 bridgehead atoms. The average molecular weight is 333 g/mol. The van der Waals surface area contributed by atoms with Gasteiger partial charge < -0.3 is 10.1 Å². The molecule has 0 fully saturated rings. The minimum absolute atomic E-state index is 0.190. The molecule has 1 aromatic carbocycles. The van der Waals surface area contributed by atoms with Gasteiger partial charge in [0.1, 0.15) is 23.7 Å². The van der Waals surface area contributed by atoms with Gasteiger partial charge in [0, 0.05) is 6.20 Å². The predicted octanol–water partition coefficient (Wildman–Crippen LogP) is 2.76. The van der Waals surface area contributed by atoms with Gasteiger partial charge in [-0.3, -0.25) is 9.20 Å². The van der Waals surface area contributed by atoms with Crippen LogP contribution in [0.4, 0.5) is 0 Å². The van der Waals surface area contributed by atoms with E-state index in [4.69, 9.17) is 4.74 Å². The van der Waals surface area contributed by atoms with Crippen molar-refractivity contribution in [2.75, 3.05) is 13.2 Å². The van der Waals surface area contributed by atoms with Gasteiger partial charge in [0.15, 0.2) is 0 Å². The Bertz CT molecular complexity index is 964. The van der Waals surface area contributed by atoms with E-state index in [2.05, 4.69) is 22.1 Å². The minimum atomic E-state index is -0.190. The molecule has 5 heteroatoms. The van der Waals surface area contributed by atoms with Crippen LogP contribution in [0.15, 0.2) is 48.7 Å². The lowest BCUT2D eigenvalue weighted by molar-refractivity contribution is 0.0952. The van der Waals surface area contributed by atoms with Crippen molar-refractivity contribution in [3.63, 3.8) is 0 Å². The van der Waals surface area contributed by atoms with Crippen LogP contribution in [0.25, 0.3) is 5.65 Å². The maximum absolute atomic E-state index is 12.4. The van der Waals surface area contributed by atoms with Gasteiger partial charge in [-0.15, -0.1) is 0 Å². The predicted molar refractivity (Wildman–Crippen MR) is 96.7 cm³/mol. The van der Waals surface area contributed by atoms with Gasteiger partial charge in [-0.05, 0) is 37.6 Å². The molecule has 0 aliphatic heterocycles. The fourth-order valence-electron chi connectivity index (χ4n) is 2.54.